The Hall–Kier alpha value is -0.330. The summed E-state index contributed by atoms with van der Waals surface area (Å²) < 4.78 is 40.0. The second kappa shape index (κ2) is 5.58. The lowest BCUT2D eigenvalue weighted by molar-refractivity contribution is -0.352. The monoisotopic (exact) mass is 302 g/mol. The molecule has 10 heteroatoms. The number of aliphatic hydroxyl groups excluding tert-OH is 4. The molecule has 1 rings (SSSR count). The number of hydrogen-bond acceptors (Lipinski definition) is 8. The fraction of sp³-hybridized carbons (Fsp3) is 1.00. The van der Waals surface area contributed by atoms with Crippen molar-refractivity contribution in [1.82, 2.24) is 0 Å². The lowest BCUT2D eigenvalue weighted by Crippen LogP contribution is -2.68. The Morgan fingerprint density at radius 1 is 1.26 bits per heavy atom. The van der Waals surface area contributed by atoms with E-state index < -0.39 is 53.1 Å². The maximum atomic E-state index is 10.9. The lowest BCUT2D eigenvalue weighted by atomic mass is 9.86. The molecule has 0 bridgehead atoms. The summed E-state index contributed by atoms with van der Waals surface area (Å²) >= 11 is 0. The summed E-state index contributed by atoms with van der Waals surface area (Å²) in [5.74, 6) is -3.12. The standard InChI is InChI=1S/C9H18O9S/c1-4(2)9(18-19(14,15)16)8(13)7(12)6(11)5(3-10)17-9/h4-8,10-13H,3H2,1-2H3,(H,14,15,16)/t5-,6+,7+,8-,9+/m1/s1. The van der Waals surface area contributed by atoms with Crippen molar-refractivity contribution in [3.05, 3.63) is 0 Å². The second-order valence-corrected chi connectivity index (χ2v) is 5.67. The van der Waals surface area contributed by atoms with Gasteiger partial charge in [-0.1, -0.05) is 13.8 Å². The number of ether oxygens (including phenoxy) is 1. The zero-order valence-electron chi connectivity index (χ0n) is 10.4. The maximum Gasteiger partial charge on any atom is 0.400 e. The first-order chi connectivity index (χ1) is 8.55. The highest BCUT2D eigenvalue weighted by atomic mass is 32.3. The molecule has 1 aliphatic rings. The van der Waals surface area contributed by atoms with Gasteiger partial charge in [-0.25, -0.2) is 4.18 Å². The Bertz CT molecular complexity index is 406. The van der Waals surface area contributed by atoms with Gasteiger partial charge in [0.2, 0.25) is 5.79 Å². The third-order valence-electron chi connectivity index (χ3n) is 3.02. The fourth-order valence-electron chi connectivity index (χ4n) is 1.97. The van der Waals surface area contributed by atoms with Crippen LogP contribution >= 0.6 is 0 Å². The van der Waals surface area contributed by atoms with Gasteiger partial charge < -0.3 is 25.2 Å². The van der Waals surface area contributed by atoms with Gasteiger partial charge in [0, 0.05) is 5.92 Å². The van der Waals surface area contributed by atoms with Crippen LogP contribution in [0.15, 0.2) is 0 Å². The predicted octanol–water partition coefficient (Wildman–Crippen LogP) is -2.37. The van der Waals surface area contributed by atoms with Crippen LogP contribution in [0.4, 0.5) is 0 Å². The molecule has 1 saturated heterocycles. The van der Waals surface area contributed by atoms with Gasteiger partial charge in [-0.05, 0) is 0 Å². The second-order valence-electron chi connectivity index (χ2n) is 4.65. The van der Waals surface area contributed by atoms with Gasteiger partial charge in [0.1, 0.15) is 24.4 Å². The highest BCUT2D eigenvalue weighted by molar-refractivity contribution is 7.80. The molecule has 0 radical (unpaired) electrons. The molecular weight excluding hydrogens is 284 g/mol. The summed E-state index contributed by atoms with van der Waals surface area (Å²) in [6.07, 6.45) is -6.75. The third-order valence-corrected chi connectivity index (χ3v) is 3.49. The van der Waals surface area contributed by atoms with Crippen molar-refractivity contribution in [2.24, 2.45) is 5.92 Å². The van der Waals surface area contributed by atoms with Gasteiger partial charge in [-0.3, -0.25) is 4.55 Å². The van der Waals surface area contributed by atoms with E-state index >= 15 is 0 Å². The van der Waals surface area contributed by atoms with Gasteiger partial charge in [-0.2, -0.15) is 8.42 Å². The summed E-state index contributed by atoms with van der Waals surface area (Å²) in [5, 5.41) is 38.2. The van der Waals surface area contributed by atoms with E-state index in [-0.39, 0.29) is 0 Å². The molecule has 0 aliphatic carbocycles. The molecule has 0 saturated carbocycles. The summed E-state index contributed by atoms with van der Waals surface area (Å²) in [4.78, 5) is 0. The molecule has 1 aliphatic heterocycles. The largest absolute Gasteiger partial charge is 0.400 e. The van der Waals surface area contributed by atoms with Gasteiger partial charge in [0.15, 0.2) is 0 Å². The normalized spacial score (nSPS) is 40.6. The van der Waals surface area contributed by atoms with Crippen molar-refractivity contribution >= 4 is 10.4 Å². The molecule has 0 aromatic carbocycles. The summed E-state index contributed by atoms with van der Waals surface area (Å²) in [6, 6.07) is 0. The topological polar surface area (TPSA) is 154 Å². The van der Waals surface area contributed by atoms with Gasteiger partial charge in [0.25, 0.3) is 0 Å². The summed E-state index contributed by atoms with van der Waals surface area (Å²) in [6.45, 7) is 2.08. The first-order valence-corrected chi connectivity index (χ1v) is 6.92. The van der Waals surface area contributed by atoms with Crippen molar-refractivity contribution in [1.29, 1.82) is 0 Å². The molecule has 0 amide bonds. The summed E-state index contributed by atoms with van der Waals surface area (Å²) in [5.41, 5.74) is 0. The maximum absolute atomic E-state index is 10.9. The number of hydrogen-bond donors (Lipinski definition) is 5. The Morgan fingerprint density at radius 3 is 2.16 bits per heavy atom. The summed E-state index contributed by atoms with van der Waals surface area (Å²) in [7, 11) is -4.99. The van der Waals surface area contributed by atoms with E-state index in [1.807, 2.05) is 0 Å². The predicted molar refractivity (Wildman–Crippen MR) is 60.2 cm³/mol. The van der Waals surface area contributed by atoms with Gasteiger partial charge in [-0.15, -0.1) is 0 Å². The van der Waals surface area contributed by atoms with Gasteiger partial charge in [0.05, 0.1) is 6.61 Å². The molecule has 5 atom stereocenters. The van der Waals surface area contributed by atoms with E-state index in [0.717, 1.165) is 0 Å². The molecule has 0 aromatic rings. The molecule has 1 fully saturated rings. The van der Waals surface area contributed by atoms with Crippen LogP contribution in [0.2, 0.25) is 0 Å². The van der Waals surface area contributed by atoms with Crippen LogP contribution in [0.25, 0.3) is 0 Å². The zero-order valence-corrected chi connectivity index (χ0v) is 11.2. The molecule has 1 heterocycles. The van der Waals surface area contributed by atoms with E-state index in [2.05, 4.69) is 4.18 Å². The van der Waals surface area contributed by atoms with Crippen LogP contribution in [-0.2, 0) is 19.3 Å². The van der Waals surface area contributed by atoms with E-state index in [1.165, 1.54) is 13.8 Å². The average molecular weight is 302 g/mol. The van der Waals surface area contributed by atoms with Crippen LogP contribution < -0.4 is 0 Å². The molecule has 0 spiro atoms. The SMILES string of the molecule is CC(C)[C@@]1(OS(=O)(=O)O)O[C@H](CO)[C@H](O)[C@H](O)[C@H]1O. The smallest absolute Gasteiger partial charge is 0.394 e. The Kier molecular flexibility index (Phi) is 4.91. The molecule has 0 unspecified atom stereocenters. The van der Waals surface area contributed by atoms with E-state index in [4.69, 9.17) is 14.4 Å². The Balaban J connectivity index is 3.21. The number of rotatable bonds is 4. The van der Waals surface area contributed by atoms with Crippen LogP contribution in [0.3, 0.4) is 0 Å². The first-order valence-electron chi connectivity index (χ1n) is 5.56. The van der Waals surface area contributed by atoms with E-state index in [1.54, 1.807) is 0 Å². The highest BCUT2D eigenvalue weighted by Gasteiger charge is 2.58. The fourth-order valence-corrected chi connectivity index (χ4v) is 2.63. The van der Waals surface area contributed by atoms with Crippen LogP contribution in [0, 0.1) is 5.92 Å². The third kappa shape index (κ3) is 3.23. The molecule has 9 nitrogen and oxygen atoms in total. The van der Waals surface area contributed by atoms with Crippen LogP contribution in [0.1, 0.15) is 13.8 Å². The molecule has 19 heavy (non-hydrogen) atoms. The number of aliphatic hydroxyl groups is 4. The Morgan fingerprint density at radius 2 is 1.79 bits per heavy atom. The van der Waals surface area contributed by atoms with Crippen LogP contribution in [0.5, 0.6) is 0 Å². The molecule has 114 valence electrons. The van der Waals surface area contributed by atoms with Crippen molar-refractivity contribution in [2.75, 3.05) is 6.61 Å². The molecule has 5 N–H and O–H groups in total. The minimum Gasteiger partial charge on any atom is -0.394 e. The van der Waals surface area contributed by atoms with Crippen molar-refractivity contribution < 1.29 is 42.3 Å². The van der Waals surface area contributed by atoms with E-state index in [9.17, 15) is 23.7 Å². The van der Waals surface area contributed by atoms with Crippen molar-refractivity contribution in [2.45, 2.75) is 44.1 Å². The van der Waals surface area contributed by atoms with Gasteiger partial charge >= 0.3 is 10.4 Å². The van der Waals surface area contributed by atoms with Crippen molar-refractivity contribution in [3.63, 3.8) is 0 Å². The van der Waals surface area contributed by atoms with E-state index in [0.29, 0.717) is 0 Å². The quantitative estimate of drug-likeness (QED) is 0.358. The highest BCUT2D eigenvalue weighted by Crippen LogP contribution is 2.37. The zero-order chi connectivity index (χ0) is 15.0. The average Bonchev–Trinajstić information content (AvgIpc) is 2.28. The molecule has 0 aromatic heterocycles. The minimum absolute atomic E-state index is 0.742. The lowest BCUT2D eigenvalue weighted by Gasteiger charge is -2.48. The first kappa shape index (κ1) is 16.7. The van der Waals surface area contributed by atoms with Crippen LogP contribution in [-0.4, -0.2) is 70.2 Å². The molecular formula is C9H18O9S. The Labute approximate surface area is 110 Å². The van der Waals surface area contributed by atoms with Crippen molar-refractivity contribution in [3.8, 4) is 0 Å². The minimum atomic E-state index is -4.99.